The summed E-state index contributed by atoms with van der Waals surface area (Å²) in [6.07, 6.45) is 0. The fourth-order valence-electron chi connectivity index (χ4n) is 1.83. The maximum absolute atomic E-state index is 13.1. The van der Waals surface area contributed by atoms with Crippen LogP contribution in [0.1, 0.15) is 5.56 Å². The van der Waals surface area contributed by atoms with Gasteiger partial charge in [-0.3, -0.25) is 10.4 Å². The maximum atomic E-state index is 13.1. The van der Waals surface area contributed by atoms with Gasteiger partial charge in [0.25, 0.3) is 0 Å². The van der Waals surface area contributed by atoms with Crippen molar-refractivity contribution in [3.8, 4) is 0 Å². The lowest BCUT2D eigenvalue weighted by Crippen LogP contribution is -2.49. The number of hydrogen-bond donors (Lipinski definition) is 3. The first kappa shape index (κ1) is 18.4. The normalized spacial score (nSPS) is 9.96. The first-order chi connectivity index (χ1) is 11.5. The largest absolute Gasteiger partial charge is 0.357 e. The highest BCUT2D eigenvalue weighted by atomic mass is 35.5. The highest BCUT2D eigenvalue weighted by molar-refractivity contribution is 7.80. The Kier molecular flexibility index (Phi) is 6.72. The average Bonchev–Trinajstić information content (AvgIpc) is 2.56. The summed E-state index contributed by atoms with van der Waals surface area (Å²) in [6, 6.07) is 14.2. The van der Waals surface area contributed by atoms with Gasteiger partial charge in [-0.1, -0.05) is 41.9 Å². The highest BCUT2D eigenvalue weighted by Gasteiger charge is 2.07. The third-order valence-electron chi connectivity index (χ3n) is 3.04. The number of thiocarbonyl (C=S) groups is 2. The molecule has 0 radical (unpaired) electrons. The zero-order valence-electron chi connectivity index (χ0n) is 12.8. The molecule has 0 saturated carbocycles. The molecule has 126 valence electrons. The van der Waals surface area contributed by atoms with Crippen molar-refractivity contribution in [2.75, 3.05) is 12.4 Å². The van der Waals surface area contributed by atoms with Crippen LogP contribution in [0.15, 0.2) is 48.5 Å². The zero-order valence-corrected chi connectivity index (χ0v) is 15.2. The molecule has 2 aromatic rings. The Hall–Kier alpha value is -1.96. The molecule has 0 aliphatic carbocycles. The smallest absolute Gasteiger partial charge is 0.189 e. The van der Waals surface area contributed by atoms with Gasteiger partial charge in [-0.15, -0.1) is 0 Å². The van der Waals surface area contributed by atoms with Crippen molar-refractivity contribution in [2.45, 2.75) is 6.54 Å². The minimum absolute atomic E-state index is 0.0243. The molecule has 3 N–H and O–H groups in total. The van der Waals surface area contributed by atoms with Gasteiger partial charge < -0.3 is 10.6 Å². The first-order valence-corrected chi connectivity index (χ1v) is 8.23. The molecule has 0 fully saturated rings. The molecular formula is C16H16ClFN4S2. The van der Waals surface area contributed by atoms with Gasteiger partial charge in [0.1, 0.15) is 5.82 Å². The lowest BCUT2D eigenvalue weighted by molar-refractivity contribution is 0.450. The van der Waals surface area contributed by atoms with Crippen molar-refractivity contribution in [1.29, 1.82) is 0 Å². The van der Waals surface area contributed by atoms with Crippen molar-refractivity contribution in [1.82, 2.24) is 15.8 Å². The van der Waals surface area contributed by atoms with E-state index in [4.69, 9.17) is 36.0 Å². The molecule has 0 spiro atoms. The minimum atomic E-state index is -0.482. The second-order valence-corrected chi connectivity index (χ2v) is 6.10. The summed E-state index contributed by atoms with van der Waals surface area (Å²) in [6.45, 7) is 0.611. The van der Waals surface area contributed by atoms with E-state index < -0.39 is 5.82 Å². The minimum Gasteiger partial charge on any atom is -0.357 e. The van der Waals surface area contributed by atoms with E-state index in [1.54, 1.807) is 18.1 Å². The van der Waals surface area contributed by atoms with Gasteiger partial charge >= 0.3 is 0 Å². The number of halogens is 2. The second-order valence-electron chi connectivity index (χ2n) is 4.90. The van der Waals surface area contributed by atoms with E-state index in [-0.39, 0.29) is 5.02 Å². The third kappa shape index (κ3) is 5.59. The Labute approximate surface area is 156 Å². The van der Waals surface area contributed by atoms with Crippen LogP contribution in [0, 0.1) is 5.82 Å². The number of nitrogens with zero attached hydrogens (tertiary/aromatic N) is 1. The van der Waals surface area contributed by atoms with E-state index in [0.29, 0.717) is 22.5 Å². The molecule has 8 heteroatoms. The molecule has 2 aromatic carbocycles. The number of anilines is 1. The van der Waals surface area contributed by atoms with E-state index in [1.165, 1.54) is 12.1 Å². The summed E-state index contributed by atoms with van der Waals surface area (Å²) in [4.78, 5) is 0. The van der Waals surface area contributed by atoms with E-state index in [9.17, 15) is 4.39 Å². The fraction of sp³-hybridized carbons (Fsp3) is 0.125. The number of benzene rings is 2. The summed E-state index contributed by atoms with van der Waals surface area (Å²) >= 11 is 16.2. The summed E-state index contributed by atoms with van der Waals surface area (Å²) < 4.78 is 13.1. The Bertz CT molecular complexity index is 727. The lowest BCUT2D eigenvalue weighted by Gasteiger charge is -2.23. The number of hydrogen-bond acceptors (Lipinski definition) is 2. The van der Waals surface area contributed by atoms with Crippen molar-refractivity contribution < 1.29 is 4.39 Å². The van der Waals surface area contributed by atoms with Crippen LogP contribution in [0.2, 0.25) is 5.02 Å². The number of nitrogens with one attached hydrogen (secondary N) is 3. The molecule has 0 atom stereocenters. The highest BCUT2D eigenvalue weighted by Crippen LogP contribution is 2.19. The summed E-state index contributed by atoms with van der Waals surface area (Å²) in [5.74, 6) is -0.482. The monoisotopic (exact) mass is 382 g/mol. The van der Waals surface area contributed by atoms with Gasteiger partial charge in [0.15, 0.2) is 10.2 Å². The Morgan fingerprint density at radius 3 is 2.54 bits per heavy atom. The van der Waals surface area contributed by atoms with Crippen LogP contribution in [0.5, 0.6) is 0 Å². The van der Waals surface area contributed by atoms with E-state index in [2.05, 4.69) is 16.1 Å². The van der Waals surface area contributed by atoms with Gasteiger partial charge in [-0.05, 0) is 48.2 Å². The molecule has 0 heterocycles. The van der Waals surface area contributed by atoms with Crippen LogP contribution >= 0.6 is 36.0 Å². The standard InChI is InChI=1S/C16H16ClFN4S2/c1-22(16(24)19-10-11-5-3-2-4-6-11)21-15(23)20-12-7-8-14(18)13(17)9-12/h2-9H,10H2,1H3,(H,19,24)(H2,20,21,23). The average molecular weight is 383 g/mol. The van der Waals surface area contributed by atoms with Gasteiger partial charge in [-0.2, -0.15) is 0 Å². The van der Waals surface area contributed by atoms with Crippen LogP contribution in [0.25, 0.3) is 0 Å². The van der Waals surface area contributed by atoms with E-state index in [1.807, 2.05) is 30.3 Å². The Balaban J connectivity index is 1.81. The summed E-state index contributed by atoms with van der Waals surface area (Å²) in [7, 11) is 1.74. The Morgan fingerprint density at radius 1 is 1.17 bits per heavy atom. The van der Waals surface area contributed by atoms with Crippen LogP contribution < -0.4 is 16.1 Å². The van der Waals surface area contributed by atoms with Gasteiger partial charge in [0, 0.05) is 19.3 Å². The van der Waals surface area contributed by atoms with Gasteiger partial charge in [-0.25, -0.2) is 4.39 Å². The first-order valence-electron chi connectivity index (χ1n) is 7.04. The number of hydrazine groups is 1. The maximum Gasteiger partial charge on any atom is 0.189 e. The molecule has 0 bridgehead atoms. The van der Waals surface area contributed by atoms with Crippen LogP contribution in [0.4, 0.5) is 10.1 Å². The fourth-order valence-corrected chi connectivity index (χ4v) is 2.38. The zero-order chi connectivity index (χ0) is 17.5. The molecule has 4 nitrogen and oxygen atoms in total. The SMILES string of the molecule is CN(NC(=S)Nc1ccc(F)c(Cl)c1)C(=S)NCc1ccccc1. The van der Waals surface area contributed by atoms with Gasteiger partial charge in [0.2, 0.25) is 0 Å². The molecular weight excluding hydrogens is 367 g/mol. The quantitative estimate of drug-likeness (QED) is 0.555. The molecule has 0 aliphatic heterocycles. The van der Waals surface area contributed by atoms with Crippen molar-refractivity contribution in [2.24, 2.45) is 0 Å². The van der Waals surface area contributed by atoms with Crippen molar-refractivity contribution >= 4 is 51.9 Å². The van der Waals surface area contributed by atoms with E-state index >= 15 is 0 Å². The molecule has 0 amide bonds. The molecule has 0 aromatic heterocycles. The summed E-state index contributed by atoms with van der Waals surface area (Å²) in [5.41, 5.74) is 4.61. The van der Waals surface area contributed by atoms with Crippen molar-refractivity contribution in [3.63, 3.8) is 0 Å². The predicted octanol–water partition coefficient (Wildman–Crippen LogP) is 3.69. The van der Waals surface area contributed by atoms with Crippen LogP contribution in [-0.2, 0) is 6.54 Å². The van der Waals surface area contributed by atoms with Gasteiger partial charge in [0.05, 0.1) is 5.02 Å². The van der Waals surface area contributed by atoms with E-state index in [0.717, 1.165) is 5.56 Å². The molecule has 0 unspecified atom stereocenters. The van der Waals surface area contributed by atoms with Crippen molar-refractivity contribution in [3.05, 3.63) is 64.9 Å². The van der Waals surface area contributed by atoms with Crippen LogP contribution in [-0.4, -0.2) is 22.3 Å². The molecule has 0 aliphatic rings. The molecule has 24 heavy (non-hydrogen) atoms. The number of rotatable bonds is 3. The second kappa shape index (κ2) is 8.77. The Morgan fingerprint density at radius 2 is 1.88 bits per heavy atom. The summed E-state index contributed by atoms with van der Waals surface area (Å²) in [5, 5.41) is 8.43. The molecule has 0 saturated heterocycles. The predicted molar refractivity (Wildman–Crippen MR) is 104 cm³/mol. The lowest BCUT2D eigenvalue weighted by atomic mass is 10.2. The van der Waals surface area contributed by atoms with Crippen LogP contribution in [0.3, 0.4) is 0 Å². The third-order valence-corrected chi connectivity index (χ3v) is 3.94. The molecule has 2 rings (SSSR count). The topological polar surface area (TPSA) is 39.3 Å².